The van der Waals surface area contributed by atoms with E-state index in [1.807, 2.05) is 6.92 Å². The first-order valence-corrected chi connectivity index (χ1v) is 3.70. The first kappa shape index (κ1) is 19.1. The van der Waals surface area contributed by atoms with Gasteiger partial charge >= 0.3 is 0 Å². The average molecular weight is 292 g/mol. The highest BCUT2D eigenvalue weighted by molar-refractivity contribution is 8.93. The second-order valence-electron chi connectivity index (χ2n) is 3.97. The molecule has 0 heterocycles. The number of carbonyl (C=O) groups is 1. The minimum Gasteiger partial charge on any atom is -0.295 e. The second kappa shape index (κ2) is 6.86. The van der Waals surface area contributed by atoms with Crippen molar-refractivity contribution >= 4 is 47.6 Å². The van der Waals surface area contributed by atoms with Gasteiger partial charge in [-0.2, -0.15) is 0 Å². The van der Waals surface area contributed by atoms with Crippen molar-refractivity contribution in [3.8, 4) is 0 Å². The number of ketones is 1. The van der Waals surface area contributed by atoms with Crippen LogP contribution in [0.4, 0.5) is 0 Å². The monoisotopic (exact) mass is 290 g/mol. The molecule has 4 heteroatoms. The van der Waals surface area contributed by atoms with Crippen LogP contribution < -0.4 is 0 Å². The summed E-state index contributed by atoms with van der Waals surface area (Å²) in [4.78, 5) is 11.0. The summed E-state index contributed by atoms with van der Waals surface area (Å²) in [6, 6.07) is 0. The molecule has 0 amide bonds. The Morgan fingerprint density at radius 3 is 2.00 bits per heavy atom. The summed E-state index contributed by atoms with van der Waals surface area (Å²) in [6.45, 7) is 6.31. The van der Waals surface area contributed by atoms with Crippen LogP contribution in [0.5, 0.6) is 0 Å². The van der Waals surface area contributed by atoms with Gasteiger partial charge in [0.1, 0.15) is 0 Å². The molecule has 1 nitrogen and oxygen atoms in total. The Bertz CT molecular complexity index is 200. The van der Waals surface area contributed by atoms with Crippen molar-refractivity contribution < 1.29 is 4.79 Å². The van der Waals surface area contributed by atoms with Gasteiger partial charge in [0.15, 0.2) is 5.78 Å². The largest absolute Gasteiger partial charge is 0.295 e. The molecule has 0 aromatic carbocycles. The molecule has 0 saturated carbocycles. The lowest BCUT2D eigenvalue weighted by molar-refractivity contribution is -0.117. The van der Waals surface area contributed by atoms with Crippen LogP contribution in [0.15, 0.2) is 11.6 Å². The van der Waals surface area contributed by atoms with E-state index in [0.717, 1.165) is 6.42 Å². The zero-order valence-electron chi connectivity index (χ0n) is 8.12. The van der Waals surface area contributed by atoms with E-state index in [1.165, 1.54) is 5.57 Å². The standard InChI is InChI=1S/C9H14O.BrH.2ClH/c1-7-4-8(10)6-9(2,3)5-7;;;/h4H,5-6H2,1-3H3;3*1H. The maximum atomic E-state index is 11.0. The fourth-order valence-electron chi connectivity index (χ4n) is 1.67. The molecule has 0 aromatic rings. The third-order valence-electron chi connectivity index (χ3n) is 1.82. The SMILES string of the molecule is Br.CC1=CC(=O)CC(C)(C)C1.Cl.Cl. The Morgan fingerprint density at radius 1 is 1.23 bits per heavy atom. The lowest BCUT2D eigenvalue weighted by Gasteiger charge is -2.27. The van der Waals surface area contributed by atoms with E-state index >= 15 is 0 Å². The van der Waals surface area contributed by atoms with Crippen molar-refractivity contribution in [2.45, 2.75) is 33.6 Å². The highest BCUT2D eigenvalue weighted by Gasteiger charge is 2.25. The van der Waals surface area contributed by atoms with Gasteiger partial charge < -0.3 is 0 Å². The smallest absolute Gasteiger partial charge is 0.156 e. The van der Waals surface area contributed by atoms with E-state index in [2.05, 4.69) is 13.8 Å². The predicted octanol–water partition coefficient (Wildman–Crippen LogP) is 3.74. The van der Waals surface area contributed by atoms with Gasteiger partial charge in [0.05, 0.1) is 0 Å². The number of hydrogen-bond donors (Lipinski definition) is 0. The molecule has 0 saturated heterocycles. The maximum Gasteiger partial charge on any atom is 0.156 e. The van der Waals surface area contributed by atoms with Crippen LogP contribution in [-0.4, -0.2) is 5.78 Å². The molecule has 0 unspecified atom stereocenters. The molecule has 1 aliphatic rings. The molecule has 80 valence electrons. The summed E-state index contributed by atoms with van der Waals surface area (Å²) in [5, 5.41) is 0. The highest BCUT2D eigenvalue weighted by atomic mass is 79.9. The van der Waals surface area contributed by atoms with Gasteiger partial charge in [0, 0.05) is 6.42 Å². The number of allylic oxidation sites excluding steroid dienone is 2. The lowest BCUT2D eigenvalue weighted by atomic mass is 9.77. The molecule has 0 N–H and O–H groups in total. The Labute approximate surface area is 103 Å². The van der Waals surface area contributed by atoms with E-state index in [1.54, 1.807) is 6.08 Å². The van der Waals surface area contributed by atoms with Crippen LogP contribution in [0.25, 0.3) is 0 Å². The van der Waals surface area contributed by atoms with Gasteiger partial charge in [-0.05, 0) is 24.8 Å². The summed E-state index contributed by atoms with van der Waals surface area (Å²) >= 11 is 0. The topological polar surface area (TPSA) is 17.1 Å². The second-order valence-corrected chi connectivity index (χ2v) is 3.97. The quantitative estimate of drug-likeness (QED) is 0.664. The maximum absolute atomic E-state index is 11.0. The van der Waals surface area contributed by atoms with Crippen molar-refractivity contribution in [3.05, 3.63) is 11.6 Å². The van der Waals surface area contributed by atoms with Gasteiger partial charge in [-0.25, -0.2) is 0 Å². The van der Waals surface area contributed by atoms with Crippen molar-refractivity contribution in [1.82, 2.24) is 0 Å². The van der Waals surface area contributed by atoms with E-state index < -0.39 is 0 Å². The Hall–Kier alpha value is 0.470. The van der Waals surface area contributed by atoms with Crippen molar-refractivity contribution in [3.63, 3.8) is 0 Å². The number of halogens is 3. The summed E-state index contributed by atoms with van der Waals surface area (Å²) in [5.74, 6) is 0.286. The number of carbonyl (C=O) groups excluding carboxylic acids is 1. The lowest BCUT2D eigenvalue weighted by Crippen LogP contribution is -2.20. The Kier molecular flexibility index (Phi) is 10.1. The first-order chi connectivity index (χ1) is 4.49. The van der Waals surface area contributed by atoms with Crippen molar-refractivity contribution in [2.24, 2.45) is 5.41 Å². The molecule has 0 radical (unpaired) electrons. The van der Waals surface area contributed by atoms with Crippen LogP contribution in [0.3, 0.4) is 0 Å². The fraction of sp³-hybridized carbons (Fsp3) is 0.667. The molecule has 0 atom stereocenters. The van der Waals surface area contributed by atoms with Crippen LogP contribution >= 0.6 is 41.8 Å². The zero-order valence-corrected chi connectivity index (χ0v) is 11.5. The molecule has 0 spiro atoms. The molecular weight excluding hydrogens is 275 g/mol. The fourth-order valence-corrected chi connectivity index (χ4v) is 1.67. The van der Waals surface area contributed by atoms with Crippen LogP contribution in [0.2, 0.25) is 0 Å². The van der Waals surface area contributed by atoms with Gasteiger partial charge in [0.25, 0.3) is 0 Å². The summed E-state index contributed by atoms with van der Waals surface area (Å²) in [5.41, 5.74) is 1.43. The molecular formula is C9H17BrCl2O. The molecule has 0 bridgehead atoms. The van der Waals surface area contributed by atoms with Gasteiger partial charge in [-0.1, -0.05) is 19.4 Å². The van der Waals surface area contributed by atoms with Crippen LogP contribution in [-0.2, 0) is 4.79 Å². The summed E-state index contributed by atoms with van der Waals surface area (Å²) < 4.78 is 0. The molecule has 0 aliphatic heterocycles. The zero-order chi connectivity index (χ0) is 7.78. The molecule has 13 heavy (non-hydrogen) atoms. The third-order valence-corrected chi connectivity index (χ3v) is 1.82. The third kappa shape index (κ3) is 6.53. The number of hydrogen-bond acceptors (Lipinski definition) is 1. The van der Waals surface area contributed by atoms with Gasteiger partial charge in [-0.15, -0.1) is 41.8 Å². The highest BCUT2D eigenvalue weighted by Crippen LogP contribution is 2.32. The van der Waals surface area contributed by atoms with E-state index in [4.69, 9.17) is 0 Å². The Balaban J connectivity index is -0.000000333. The minimum absolute atomic E-state index is 0. The molecule has 0 aromatic heterocycles. The van der Waals surface area contributed by atoms with Crippen LogP contribution in [0, 0.1) is 5.41 Å². The van der Waals surface area contributed by atoms with E-state index in [0.29, 0.717) is 6.42 Å². The normalized spacial score (nSPS) is 18.7. The van der Waals surface area contributed by atoms with Gasteiger partial charge in [-0.3, -0.25) is 4.79 Å². The van der Waals surface area contributed by atoms with E-state index in [9.17, 15) is 4.79 Å². The molecule has 1 rings (SSSR count). The predicted molar refractivity (Wildman–Crippen MR) is 66.6 cm³/mol. The minimum atomic E-state index is 0. The molecule has 0 fully saturated rings. The summed E-state index contributed by atoms with van der Waals surface area (Å²) in [7, 11) is 0. The van der Waals surface area contributed by atoms with Gasteiger partial charge in [0.2, 0.25) is 0 Å². The average Bonchev–Trinajstić information content (AvgIpc) is 1.54. The summed E-state index contributed by atoms with van der Waals surface area (Å²) in [6.07, 6.45) is 3.55. The van der Waals surface area contributed by atoms with Crippen molar-refractivity contribution in [2.75, 3.05) is 0 Å². The first-order valence-electron chi connectivity index (χ1n) is 3.70. The Morgan fingerprint density at radius 2 is 1.69 bits per heavy atom. The van der Waals surface area contributed by atoms with E-state index in [-0.39, 0.29) is 53.0 Å². The van der Waals surface area contributed by atoms with Crippen LogP contribution in [0.1, 0.15) is 33.6 Å². The number of rotatable bonds is 0. The van der Waals surface area contributed by atoms with Crippen molar-refractivity contribution in [1.29, 1.82) is 0 Å². The molecule has 1 aliphatic carbocycles.